The van der Waals surface area contributed by atoms with Gasteiger partial charge in [0, 0.05) is 5.69 Å². The standard InChI is InChI=1S/C12H16ClNO2/c1-2-5-16-12-4-3-9(6-11(12)13)14-10-7-15-8-10/h3-4,6,10,14H,2,5,7-8H2,1H3. The molecule has 1 fully saturated rings. The predicted molar refractivity (Wildman–Crippen MR) is 65.5 cm³/mol. The molecule has 0 amide bonds. The molecule has 0 bridgehead atoms. The lowest BCUT2D eigenvalue weighted by molar-refractivity contribution is 0.0211. The zero-order chi connectivity index (χ0) is 11.4. The van der Waals surface area contributed by atoms with Crippen LogP contribution in [0.2, 0.25) is 5.02 Å². The maximum Gasteiger partial charge on any atom is 0.138 e. The van der Waals surface area contributed by atoms with Crippen LogP contribution in [0.4, 0.5) is 5.69 Å². The molecule has 1 heterocycles. The average molecular weight is 242 g/mol. The topological polar surface area (TPSA) is 30.5 Å². The van der Waals surface area contributed by atoms with Gasteiger partial charge in [-0.3, -0.25) is 0 Å². The largest absolute Gasteiger partial charge is 0.492 e. The monoisotopic (exact) mass is 241 g/mol. The Kier molecular flexibility index (Phi) is 3.91. The second-order valence-electron chi connectivity index (χ2n) is 3.87. The van der Waals surface area contributed by atoms with Crippen molar-refractivity contribution in [3.05, 3.63) is 23.2 Å². The van der Waals surface area contributed by atoms with Crippen molar-refractivity contribution in [2.75, 3.05) is 25.1 Å². The van der Waals surface area contributed by atoms with Crippen LogP contribution >= 0.6 is 11.6 Å². The van der Waals surface area contributed by atoms with E-state index in [9.17, 15) is 0 Å². The number of anilines is 1. The average Bonchev–Trinajstić information content (AvgIpc) is 2.22. The molecule has 2 rings (SSSR count). The van der Waals surface area contributed by atoms with Gasteiger partial charge in [0.15, 0.2) is 0 Å². The summed E-state index contributed by atoms with van der Waals surface area (Å²) in [5.41, 5.74) is 1.02. The fourth-order valence-electron chi connectivity index (χ4n) is 1.47. The quantitative estimate of drug-likeness (QED) is 0.860. The highest BCUT2D eigenvalue weighted by Crippen LogP contribution is 2.28. The molecule has 1 aliphatic heterocycles. The highest BCUT2D eigenvalue weighted by Gasteiger charge is 2.17. The van der Waals surface area contributed by atoms with Gasteiger partial charge in [-0.15, -0.1) is 0 Å². The molecule has 0 radical (unpaired) electrons. The summed E-state index contributed by atoms with van der Waals surface area (Å²) in [5.74, 6) is 0.749. The molecule has 1 N–H and O–H groups in total. The first-order chi connectivity index (χ1) is 7.79. The van der Waals surface area contributed by atoms with Gasteiger partial charge in [-0.05, 0) is 24.6 Å². The van der Waals surface area contributed by atoms with Crippen LogP contribution in [0.5, 0.6) is 5.75 Å². The third kappa shape index (κ3) is 2.80. The normalized spacial score (nSPS) is 15.6. The summed E-state index contributed by atoms with van der Waals surface area (Å²) in [4.78, 5) is 0. The van der Waals surface area contributed by atoms with Crippen LogP contribution in [0.3, 0.4) is 0 Å². The minimum absolute atomic E-state index is 0.415. The van der Waals surface area contributed by atoms with E-state index >= 15 is 0 Å². The molecule has 0 atom stereocenters. The number of hydrogen-bond donors (Lipinski definition) is 1. The summed E-state index contributed by atoms with van der Waals surface area (Å²) in [6, 6.07) is 6.19. The third-order valence-corrected chi connectivity index (χ3v) is 2.70. The Labute approximate surface area is 101 Å². The minimum Gasteiger partial charge on any atom is -0.492 e. The van der Waals surface area contributed by atoms with Crippen LogP contribution in [-0.4, -0.2) is 25.9 Å². The van der Waals surface area contributed by atoms with Crippen molar-refractivity contribution in [3.8, 4) is 5.75 Å². The Morgan fingerprint density at radius 1 is 1.50 bits per heavy atom. The van der Waals surface area contributed by atoms with Crippen molar-refractivity contribution in [2.45, 2.75) is 19.4 Å². The maximum atomic E-state index is 6.11. The SMILES string of the molecule is CCCOc1ccc(NC2COC2)cc1Cl. The summed E-state index contributed by atoms with van der Waals surface area (Å²) >= 11 is 6.11. The number of halogens is 1. The van der Waals surface area contributed by atoms with E-state index in [1.807, 2.05) is 18.2 Å². The molecule has 1 aliphatic rings. The molecule has 0 saturated carbocycles. The van der Waals surface area contributed by atoms with Gasteiger partial charge in [0.25, 0.3) is 0 Å². The molecule has 1 aromatic carbocycles. The molecule has 3 nitrogen and oxygen atoms in total. The first kappa shape index (κ1) is 11.6. The zero-order valence-corrected chi connectivity index (χ0v) is 10.1. The number of hydrogen-bond acceptors (Lipinski definition) is 3. The Morgan fingerprint density at radius 2 is 2.31 bits per heavy atom. The van der Waals surface area contributed by atoms with E-state index in [1.54, 1.807) is 0 Å². The molecule has 1 aromatic rings. The molecule has 16 heavy (non-hydrogen) atoms. The summed E-state index contributed by atoms with van der Waals surface area (Å²) in [6.45, 7) is 4.31. The lowest BCUT2D eigenvalue weighted by atomic mass is 10.2. The van der Waals surface area contributed by atoms with Crippen LogP contribution in [0.1, 0.15) is 13.3 Å². The van der Waals surface area contributed by atoms with Gasteiger partial charge < -0.3 is 14.8 Å². The van der Waals surface area contributed by atoms with E-state index in [-0.39, 0.29) is 0 Å². The summed E-state index contributed by atoms with van der Waals surface area (Å²) in [5, 5.41) is 3.99. The van der Waals surface area contributed by atoms with Gasteiger partial charge in [0.1, 0.15) is 5.75 Å². The van der Waals surface area contributed by atoms with Crippen LogP contribution in [0, 0.1) is 0 Å². The van der Waals surface area contributed by atoms with Gasteiger partial charge in [0.05, 0.1) is 30.9 Å². The fourth-order valence-corrected chi connectivity index (χ4v) is 1.71. The van der Waals surface area contributed by atoms with E-state index in [1.165, 1.54) is 0 Å². The van der Waals surface area contributed by atoms with Crippen molar-refractivity contribution in [1.82, 2.24) is 0 Å². The predicted octanol–water partition coefficient (Wildman–Crippen LogP) is 2.94. The van der Waals surface area contributed by atoms with Gasteiger partial charge in [0.2, 0.25) is 0 Å². The van der Waals surface area contributed by atoms with Gasteiger partial charge in [-0.2, -0.15) is 0 Å². The molecule has 0 aliphatic carbocycles. The Morgan fingerprint density at radius 3 is 2.88 bits per heavy atom. The number of rotatable bonds is 5. The second-order valence-corrected chi connectivity index (χ2v) is 4.28. The number of benzene rings is 1. The fraction of sp³-hybridized carbons (Fsp3) is 0.500. The lowest BCUT2D eigenvalue weighted by Crippen LogP contribution is -2.40. The summed E-state index contributed by atoms with van der Waals surface area (Å²) < 4.78 is 10.6. The van der Waals surface area contributed by atoms with Crippen molar-refractivity contribution >= 4 is 17.3 Å². The van der Waals surface area contributed by atoms with E-state index in [0.717, 1.165) is 31.1 Å². The third-order valence-electron chi connectivity index (χ3n) is 2.40. The number of ether oxygens (including phenoxy) is 2. The highest BCUT2D eigenvalue weighted by atomic mass is 35.5. The van der Waals surface area contributed by atoms with E-state index < -0.39 is 0 Å². The molecule has 0 spiro atoms. The Bertz CT molecular complexity index is 353. The van der Waals surface area contributed by atoms with E-state index in [0.29, 0.717) is 17.7 Å². The minimum atomic E-state index is 0.415. The lowest BCUT2D eigenvalue weighted by Gasteiger charge is -2.28. The number of nitrogens with one attached hydrogen (secondary N) is 1. The van der Waals surface area contributed by atoms with Gasteiger partial charge >= 0.3 is 0 Å². The van der Waals surface area contributed by atoms with Crippen molar-refractivity contribution in [3.63, 3.8) is 0 Å². The molecule has 0 aromatic heterocycles. The maximum absolute atomic E-state index is 6.11. The molecule has 0 unspecified atom stereocenters. The Balaban J connectivity index is 1.97. The summed E-state index contributed by atoms with van der Waals surface area (Å²) in [6.07, 6.45) is 0.982. The first-order valence-electron chi connectivity index (χ1n) is 5.56. The van der Waals surface area contributed by atoms with Gasteiger partial charge in [-0.1, -0.05) is 18.5 Å². The molecular weight excluding hydrogens is 226 g/mol. The molecule has 1 saturated heterocycles. The van der Waals surface area contributed by atoms with E-state index in [4.69, 9.17) is 21.1 Å². The van der Waals surface area contributed by atoms with Crippen LogP contribution in [-0.2, 0) is 4.74 Å². The van der Waals surface area contributed by atoms with Crippen LogP contribution in [0.15, 0.2) is 18.2 Å². The second kappa shape index (κ2) is 5.41. The molecule has 4 heteroatoms. The van der Waals surface area contributed by atoms with Crippen LogP contribution < -0.4 is 10.1 Å². The Hall–Kier alpha value is -0.930. The van der Waals surface area contributed by atoms with Gasteiger partial charge in [-0.25, -0.2) is 0 Å². The first-order valence-corrected chi connectivity index (χ1v) is 5.94. The van der Waals surface area contributed by atoms with Crippen molar-refractivity contribution < 1.29 is 9.47 Å². The van der Waals surface area contributed by atoms with Crippen LogP contribution in [0.25, 0.3) is 0 Å². The highest BCUT2D eigenvalue weighted by molar-refractivity contribution is 6.32. The summed E-state index contributed by atoms with van der Waals surface area (Å²) in [7, 11) is 0. The molecular formula is C12H16ClNO2. The van der Waals surface area contributed by atoms with Crippen molar-refractivity contribution in [1.29, 1.82) is 0 Å². The van der Waals surface area contributed by atoms with E-state index in [2.05, 4.69) is 12.2 Å². The molecule has 88 valence electrons. The smallest absolute Gasteiger partial charge is 0.138 e. The zero-order valence-electron chi connectivity index (χ0n) is 9.33. The van der Waals surface area contributed by atoms with Crippen molar-refractivity contribution in [2.24, 2.45) is 0 Å².